The zero-order valence-corrected chi connectivity index (χ0v) is 18.3. The molecule has 0 amide bonds. The van der Waals surface area contributed by atoms with E-state index in [9.17, 15) is 13.2 Å². The van der Waals surface area contributed by atoms with E-state index in [2.05, 4.69) is 4.98 Å². The highest BCUT2D eigenvalue weighted by Crippen LogP contribution is 2.23. The first-order chi connectivity index (χ1) is 14.3. The Morgan fingerprint density at radius 3 is 2.43 bits per heavy atom. The number of rotatable bonds is 8. The summed E-state index contributed by atoms with van der Waals surface area (Å²) in [6.07, 6.45) is 0.850. The Morgan fingerprint density at radius 2 is 1.83 bits per heavy atom. The lowest BCUT2D eigenvalue weighted by Gasteiger charge is -2.11. The predicted octanol–water partition coefficient (Wildman–Crippen LogP) is 3.06. The number of esters is 1. The second-order valence-corrected chi connectivity index (χ2v) is 9.07. The molecule has 0 unspecified atom stereocenters. The molecule has 3 aromatic rings. The number of aromatic nitrogens is 2. The quantitative estimate of drug-likeness (QED) is 0.509. The lowest BCUT2D eigenvalue weighted by Crippen LogP contribution is -2.22. The van der Waals surface area contributed by atoms with Crippen LogP contribution >= 0.6 is 0 Å². The topological polar surface area (TPSA) is 90.7 Å². The summed E-state index contributed by atoms with van der Waals surface area (Å²) < 4.78 is 38.5. The standard InChI is InChI=1S/C21H25N3O5S/c1-5-12-24-19-11-10-17(30(26,27)23(2)3)13-18(19)22-20(24)14-29-21(25)15-6-8-16(28-4)9-7-15/h6-11,13H,5,12,14H2,1-4H3. The molecule has 30 heavy (non-hydrogen) atoms. The Kier molecular flexibility index (Phi) is 6.42. The highest BCUT2D eigenvalue weighted by Gasteiger charge is 2.20. The minimum absolute atomic E-state index is 0.0185. The van der Waals surface area contributed by atoms with E-state index in [0.29, 0.717) is 29.2 Å². The molecule has 0 radical (unpaired) electrons. The maximum absolute atomic E-state index is 12.4. The summed E-state index contributed by atoms with van der Waals surface area (Å²) in [5.41, 5.74) is 1.75. The number of fused-ring (bicyclic) bond motifs is 1. The van der Waals surface area contributed by atoms with Crippen molar-refractivity contribution in [2.24, 2.45) is 0 Å². The summed E-state index contributed by atoms with van der Waals surface area (Å²) in [4.78, 5) is 17.1. The van der Waals surface area contributed by atoms with Crippen molar-refractivity contribution >= 4 is 27.0 Å². The number of sulfonamides is 1. The van der Waals surface area contributed by atoms with Gasteiger partial charge in [-0.25, -0.2) is 22.5 Å². The normalized spacial score (nSPS) is 11.8. The first kappa shape index (κ1) is 21.8. The fraction of sp³-hybridized carbons (Fsp3) is 0.333. The molecule has 1 aromatic heterocycles. The second-order valence-electron chi connectivity index (χ2n) is 6.92. The maximum Gasteiger partial charge on any atom is 0.338 e. The fourth-order valence-electron chi connectivity index (χ4n) is 3.05. The molecular weight excluding hydrogens is 406 g/mol. The molecule has 0 saturated heterocycles. The molecule has 1 heterocycles. The van der Waals surface area contributed by atoms with Crippen molar-refractivity contribution in [3.05, 3.63) is 53.9 Å². The summed E-state index contributed by atoms with van der Waals surface area (Å²) in [6, 6.07) is 11.5. The lowest BCUT2D eigenvalue weighted by molar-refractivity contribution is 0.0458. The molecule has 3 rings (SSSR count). The van der Waals surface area contributed by atoms with Crippen LogP contribution in [0.4, 0.5) is 0 Å². The Balaban J connectivity index is 1.88. The van der Waals surface area contributed by atoms with Gasteiger partial charge in [-0.3, -0.25) is 0 Å². The fourth-order valence-corrected chi connectivity index (χ4v) is 3.98. The first-order valence-corrected chi connectivity index (χ1v) is 10.9. The van der Waals surface area contributed by atoms with E-state index in [1.165, 1.54) is 14.1 Å². The van der Waals surface area contributed by atoms with Crippen molar-refractivity contribution in [2.45, 2.75) is 31.4 Å². The van der Waals surface area contributed by atoms with Crippen molar-refractivity contribution in [3.63, 3.8) is 0 Å². The highest BCUT2D eigenvalue weighted by molar-refractivity contribution is 7.89. The molecule has 0 atom stereocenters. The number of methoxy groups -OCH3 is 1. The molecule has 0 aliphatic carbocycles. The SMILES string of the molecule is CCCn1c(COC(=O)c2ccc(OC)cc2)nc2cc(S(=O)(=O)N(C)C)ccc21. The Morgan fingerprint density at radius 1 is 1.13 bits per heavy atom. The summed E-state index contributed by atoms with van der Waals surface area (Å²) in [6.45, 7) is 2.69. The van der Waals surface area contributed by atoms with Gasteiger partial charge in [-0.15, -0.1) is 0 Å². The third-order valence-electron chi connectivity index (χ3n) is 4.68. The summed E-state index contributed by atoms with van der Waals surface area (Å²) in [5.74, 6) is 0.747. The van der Waals surface area contributed by atoms with E-state index in [4.69, 9.17) is 9.47 Å². The average Bonchev–Trinajstić information content (AvgIpc) is 3.09. The zero-order chi connectivity index (χ0) is 21.9. The van der Waals surface area contributed by atoms with Crippen LogP contribution in [0.2, 0.25) is 0 Å². The molecule has 0 saturated carbocycles. The van der Waals surface area contributed by atoms with E-state index >= 15 is 0 Å². The van der Waals surface area contributed by atoms with Crippen molar-refractivity contribution in [3.8, 4) is 5.75 Å². The van der Waals surface area contributed by atoms with E-state index in [1.807, 2.05) is 11.5 Å². The second kappa shape index (κ2) is 8.85. The summed E-state index contributed by atoms with van der Waals surface area (Å²) in [7, 11) is 0.964. The van der Waals surface area contributed by atoms with Crippen LogP contribution in [-0.2, 0) is 27.9 Å². The van der Waals surface area contributed by atoms with Crippen molar-refractivity contribution in [1.29, 1.82) is 0 Å². The smallest absolute Gasteiger partial charge is 0.338 e. The molecule has 0 aliphatic rings. The number of aryl methyl sites for hydroxylation is 1. The number of nitrogens with zero attached hydrogens (tertiary/aromatic N) is 3. The number of carbonyl (C=O) groups is 1. The molecule has 160 valence electrons. The molecule has 8 nitrogen and oxygen atoms in total. The third-order valence-corrected chi connectivity index (χ3v) is 6.49. The molecule has 0 bridgehead atoms. The van der Waals surface area contributed by atoms with Gasteiger partial charge in [0, 0.05) is 20.6 Å². The zero-order valence-electron chi connectivity index (χ0n) is 17.5. The minimum atomic E-state index is -3.56. The Hall–Kier alpha value is -2.91. The van der Waals surface area contributed by atoms with Crippen LogP contribution in [0.5, 0.6) is 5.75 Å². The molecule has 2 aromatic carbocycles. The molecule has 0 N–H and O–H groups in total. The van der Waals surface area contributed by atoms with Crippen LogP contribution in [0.15, 0.2) is 47.4 Å². The molecule has 9 heteroatoms. The van der Waals surface area contributed by atoms with E-state index in [1.54, 1.807) is 49.6 Å². The van der Waals surface area contributed by atoms with Gasteiger partial charge in [0.2, 0.25) is 10.0 Å². The number of imidazole rings is 1. The largest absolute Gasteiger partial charge is 0.497 e. The van der Waals surface area contributed by atoms with Crippen molar-refractivity contribution < 1.29 is 22.7 Å². The van der Waals surface area contributed by atoms with Gasteiger partial charge >= 0.3 is 5.97 Å². The lowest BCUT2D eigenvalue weighted by atomic mass is 10.2. The number of hydrogen-bond donors (Lipinski definition) is 0. The molecular formula is C21H25N3O5S. The van der Waals surface area contributed by atoms with E-state index in [-0.39, 0.29) is 11.5 Å². The molecule has 0 aliphatic heterocycles. The van der Waals surface area contributed by atoms with Gasteiger partial charge in [-0.1, -0.05) is 6.92 Å². The van der Waals surface area contributed by atoms with Crippen molar-refractivity contribution in [2.75, 3.05) is 21.2 Å². The highest BCUT2D eigenvalue weighted by atomic mass is 32.2. The van der Waals surface area contributed by atoms with Gasteiger partial charge in [0.05, 0.1) is 28.6 Å². The van der Waals surface area contributed by atoms with Crippen LogP contribution in [0.25, 0.3) is 11.0 Å². The number of hydrogen-bond acceptors (Lipinski definition) is 6. The number of benzene rings is 2. The minimum Gasteiger partial charge on any atom is -0.497 e. The average molecular weight is 432 g/mol. The Bertz CT molecular complexity index is 1150. The number of carbonyl (C=O) groups excluding carboxylic acids is 1. The van der Waals surface area contributed by atoms with Crippen LogP contribution in [0.1, 0.15) is 29.5 Å². The van der Waals surface area contributed by atoms with Gasteiger partial charge in [-0.05, 0) is 48.9 Å². The first-order valence-electron chi connectivity index (χ1n) is 9.50. The van der Waals surface area contributed by atoms with Crippen LogP contribution in [0, 0.1) is 0 Å². The Labute approximate surface area is 176 Å². The van der Waals surface area contributed by atoms with Crippen LogP contribution in [-0.4, -0.2) is 49.4 Å². The van der Waals surface area contributed by atoms with Gasteiger partial charge in [0.25, 0.3) is 0 Å². The maximum atomic E-state index is 12.4. The third kappa shape index (κ3) is 4.31. The summed E-state index contributed by atoms with van der Waals surface area (Å²) >= 11 is 0. The number of ether oxygens (including phenoxy) is 2. The van der Waals surface area contributed by atoms with Gasteiger partial charge < -0.3 is 14.0 Å². The van der Waals surface area contributed by atoms with E-state index in [0.717, 1.165) is 16.2 Å². The summed E-state index contributed by atoms with van der Waals surface area (Å²) in [5, 5.41) is 0. The van der Waals surface area contributed by atoms with Crippen LogP contribution < -0.4 is 4.74 Å². The molecule has 0 spiro atoms. The van der Waals surface area contributed by atoms with Crippen molar-refractivity contribution in [1.82, 2.24) is 13.9 Å². The van der Waals surface area contributed by atoms with Gasteiger partial charge in [0.15, 0.2) is 0 Å². The van der Waals surface area contributed by atoms with Crippen LogP contribution in [0.3, 0.4) is 0 Å². The van der Waals surface area contributed by atoms with E-state index < -0.39 is 16.0 Å². The van der Waals surface area contributed by atoms with Gasteiger partial charge in [-0.2, -0.15) is 0 Å². The monoisotopic (exact) mass is 431 g/mol. The van der Waals surface area contributed by atoms with Gasteiger partial charge in [0.1, 0.15) is 18.2 Å². The predicted molar refractivity (Wildman–Crippen MR) is 113 cm³/mol. The molecule has 0 fully saturated rings.